The second-order valence-electron chi connectivity index (χ2n) is 8.13. The van der Waals surface area contributed by atoms with Crippen LogP contribution in [0.25, 0.3) is 0 Å². The van der Waals surface area contributed by atoms with Crippen molar-refractivity contribution in [1.82, 2.24) is 10.2 Å². The molecule has 1 aromatic heterocycles. The van der Waals surface area contributed by atoms with Crippen molar-refractivity contribution in [2.24, 2.45) is 11.3 Å². The standard InChI is InChI=1S/C19H26N2O4S/c1-11(16(22)21-8-7-20-18(21)24)25-17(23)15-10-12-9-13(19(2,3)4)5-6-14(12)26-15/h10-11,13H,5-9H2,1-4H3,(H,20,24)/t11-,13-/m0/s1. The van der Waals surface area contributed by atoms with Gasteiger partial charge in [0.25, 0.3) is 5.91 Å². The highest BCUT2D eigenvalue weighted by Gasteiger charge is 2.33. The van der Waals surface area contributed by atoms with Crippen LogP contribution >= 0.6 is 11.3 Å². The number of nitrogens with zero attached hydrogens (tertiary/aromatic N) is 1. The molecule has 26 heavy (non-hydrogen) atoms. The number of hydrogen-bond donors (Lipinski definition) is 1. The molecule has 1 aliphatic heterocycles. The second kappa shape index (κ2) is 7.02. The van der Waals surface area contributed by atoms with Gasteiger partial charge in [0.05, 0.1) is 0 Å². The number of ether oxygens (including phenoxy) is 1. The fourth-order valence-electron chi connectivity index (χ4n) is 3.53. The summed E-state index contributed by atoms with van der Waals surface area (Å²) in [5.74, 6) is -0.373. The van der Waals surface area contributed by atoms with E-state index < -0.39 is 24.0 Å². The van der Waals surface area contributed by atoms with Gasteiger partial charge in [-0.2, -0.15) is 0 Å². The van der Waals surface area contributed by atoms with E-state index in [1.165, 1.54) is 28.7 Å². The number of carbonyl (C=O) groups is 3. The van der Waals surface area contributed by atoms with Crippen LogP contribution in [0.15, 0.2) is 6.07 Å². The fourth-order valence-corrected chi connectivity index (χ4v) is 4.63. The summed E-state index contributed by atoms with van der Waals surface area (Å²) in [6, 6.07) is 1.48. The summed E-state index contributed by atoms with van der Waals surface area (Å²) in [4.78, 5) is 39.2. The van der Waals surface area contributed by atoms with Crippen LogP contribution in [0.5, 0.6) is 0 Å². The smallest absolute Gasteiger partial charge is 0.349 e. The molecule has 1 N–H and O–H groups in total. The number of amides is 3. The second-order valence-corrected chi connectivity index (χ2v) is 9.27. The number of fused-ring (bicyclic) bond motifs is 1. The molecule has 1 saturated heterocycles. The van der Waals surface area contributed by atoms with Crippen LogP contribution in [-0.2, 0) is 22.4 Å². The lowest BCUT2D eigenvalue weighted by atomic mass is 9.72. The first-order valence-electron chi connectivity index (χ1n) is 9.08. The number of carbonyl (C=O) groups excluding carboxylic acids is 3. The predicted octanol–water partition coefficient (Wildman–Crippen LogP) is 3.00. The zero-order valence-corrected chi connectivity index (χ0v) is 16.6. The van der Waals surface area contributed by atoms with Gasteiger partial charge < -0.3 is 10.1 Å². The molecule has 1 fully saturated rings. The minimum absolute atomic E-state index is 0.248. The lowest BCUT2D eigenvalue weighted by Crippen LogP contribution is -2.41. The Bertz CT molecular complexity index is 734. The van der Waals surface area contributed by atoms with E-state index >= 15 is 0 Å². The van der Waals surface area contributed by atoms with Gasteiger partial charge in [0.1, 0.15) is 4.88 Å². The molecule has 142 valence electrons. The molecule has 2 heterocycles. The van der Waals surface area contributed by atoms with Gasteiger partial charge in [-0.25, -0.2) is 9.59 Å². The van der Waals surface area contributed by atoms with Gasteiger partial charge >= 0.3 is 12.0 Å². The number of nitrogens with one attached hydrogen (secondary N) is 1. The molecular formula is C19H26N2O4S. The monoisotopic (exact) mass is 378 g/mol. The first-order valence-corrected chi connectivity index (χ1v) is 9.90. The third-order valence-electron chi connectivity index (χ3n) is 5.26. The number of urea groups is 1. The van der Waals surface area contributed by atoms with Crippen molar-refractivity contribution in [2.45, 2.75) is 53.1 Å². The summed E-state index contributed by atoms with van der Waals surface area (Å²) >= 11 is 1.46. The Morgan fingerprint density at radius 3 is 2.73 bits per heavy atom. The molecule has 1 aliphatic carbocycles. The summed E-state index contributed by atoms with van der Waals surface area (Å²) in [5, 5.41) is 2.57. The van der Waals surface area contributed by atoms with E-state index in [-0.39, 0.29) is 5.41 Å². The molecular weight excluding hydrogens is 352 g/mol. The SMILES string of the molecule is C[C@H](OC(=O)c1cc2c(s1)CC[C@H](C(C)(C)C)C2)C(=O)N1CCNC1=O. The molecule has 0 radical (unpaired) electrons. The number of esters is 1. The van der Waals surface area contributed by atoms with E-state index in [9.17, 15) is 14.4 Å². The maximum atomic E-state index is 12.5. The number of aryl methyl sites for hydroxylation is 1. The Balaban J connectivity index is 1.65. The Labute approximate surface area is 157 Å². The summed E-state index contributed by atoms with van der Waals surface area (Å²) < 4.78 is 5.33. The number of hydrogen-bond acceptors (Lipinski definition) is 5. The van der Waals surface area contributed by atoms with E-state index in [0.29, 0.717) is 23.9 Å². The highest BCUT2D eigenvalue weighted by molar-refractivity contribution is 7.14. The van der Waals surface area contributed by atoms with Crippen LogP contribution in [0, 0.1) is 11.3 Å². The highest BCUT2D eigenvalue weighted by Crippen LogP contribution is 2.40. The third kappa shape index (κ3) is 3.77. The topological polar surface area (TPSA) is 75.7 Å². The minimum atomic E-state index is -0.979. The van der Waals surface area contributed by atoms with Gasteiger partial charge in [-0.1, -0.05) is 20.8 Å². The van der Waals surface area contributed by atoms with Gasteiger partial charge in [-0.05, 0) is 49.1 Å². The molecule has 2 aliphatic rings. The largest absolute Gasteiger partial charge is 0.448 e. The molecule has 3 rings (SSSR count). The fraction of sp³-hybridized carbons (Fsp3) is 0.632. The van der Waals surface area contributed by atoms with Crippen LogP contribution in [-0.4, -0.2) is 42.0 Å². The minimum Gasteiger partial charge on any atom is -0.448 e. The summed E-state index contributed by atoms with van der Waals surface area (Å²) in [6.45, 7) is 9.01. The molecule has 0 spiro atoms. The Hall–Kier alpha value is -1.89. The average Bonchev–Trinajstić information content (AvgIpc) is 3.18. The van der Waals surface area contributed by atoms with E-state index in [1.807, 2.05) is 6.07 Å². The Kier molecular flexibility index (Phi) is 5.10. The van der Waals surface area contributed by atoms with E-state index in [0.717, 1.165) is 24.2 Å². The zero-order valence-electron chi connectivity index (χ0n) is 15.8. The van der Waals surface area contributed by atoms with Crippen molar-refractivity contribution in [3.8, 4) is 0 Å². The van der Waals surface area contributed by atoms with Crippen molar-refractivity contribution in [3.63, 3.8) is 0 Å². The average molecular weight is 378 g/mol. The van der Waals surface area contributed by atoms with Crippen LogP contribution in [0.4, 0.5) is 4.79 Å². The van der Waals surface area contributed by atoms with E-state index in [2.05, 4.69) is 26.1 Å². The van der Waals surface area contributed by atoms with Crippen LogP contribution in [0.3, 0.4) is 0 Å². The zero-order chi connectivity index (χ0) is 19.1. The lowest BCUT2D eigenvalue weighted by Gasteiger charge is -2.33. The summed E-state index contributed by atoms with van der Waals surface area (Å²) in [5.41, 5.74) is 1.48. The normalized spacial score (nSPS) is 21.2. The number of rotatable bonds is 3. The van der Waals surface area contributed by atoms with Crippen molar-refractivity contribution in [3.05, 3.63) is 21.4 Å². The first kappa shape index (κ1) is 18.9. The first-order chi connectivity index (χ1) is 12.2. The van der Waals surface area contributed by atoms with Crippen LogP contribution in [0.1, 0.15) is 54.2 Å². The summed E-state index contributed by atoms with van der Waals surface area (Å²) in [6.07, 6.45) is 2.11. The van der Waals surface area contributed by atoms with Gasteiger partial charge in [-0.3, -0.25) is 9.69 Å². The maximum absolute atomic E-state index is 12.5. The predicted molar refractivity (Wildman–Crippen MR) is 99.3 cm³/mol. The van der Waals surface area contributed by atoms with Gasteiger partial charge in [0.15, 0.2) is 6.10 Å². The summed E-state index contributed by atoms with van der Waals surface area (Å²) in [7, 11) is 0. The van der Waals surface area contributed by atoms with Gasteiger partial charge in [0, 0.05) is 18.0 Å². The highest BCUT2D eigenvalue weighted by atomic mass is 32.1. The number of imide groups is 1. The van der Waals surface area contributed by atoms with E-state index in [4.69, 9.17) is 4.74 Å². The molecule has 7 heteroatoms. The van der Waals surface area contributed by atoms with Gasteiger partial charge in [0.2, 0.25) is 0 Å². The molecule has 0 aromatic carbocycles. The third-order valence-corrected chi connectivity index (χ3v) is 6.48. The lowest BCUT2D eigenvalue weighted by molar-refractivity contribution is -0.135. The van der Waals surface area contributed by atoms with Crippen molar-refractivity contribution < 1.29 is 19.1 Å². The molecule has 1 aromatic rings. The molecule has 0 bridgehead atoms. The van der Waals surface area contributed by atoms with Crippen LogP contribution < -0.4 is 5.32 Å². The van der Waals surface area contributed by atoms with E-state index in [1.54, 1.807) is 0 Å². The van der Waals surface area contributed by atoms with Crippen LogP contribution in [0.2, 0.25) is 0 Å². The maximum Gasteiger partial charge on any atom is 0.349 e. The quantitative estimate of drug-likeness (QED) is 0.821. The van der Waals surface area contributed by atoms with Gasteiger partial charge in [-0.15, -0.1) is 11.3 Å². The molecule has 0 saturated carbocycles. The van der Waals surface area contributed by atoms with Crippen molar-refractivity contribution >= 4 is 29.2 Å². The molecule has 0 unspecified atom stereocenters. The van der Waals surface area contributed by atoms with Crippen molar-refractivity contribution in [1.29, 1.82) is 0 Å². The number of thiophene rings is 1. The van der Waals surface area contributed by atoms with Crippen molar-refractivity contribution in [2.75, 3.05) is 13.1 Å². The molecule has 6 nitrogen and oxygen atoms in total. The Morgan fingerprint density at radius 2 is 2.12 bits per heavy atom. The Morgan fingerprint density at radius 1 is 1.38 bits per heavy atom. The molecule has 3 amide bonds. The molecule has 2 atom stereocenters.